The van der Waals surface area contributed by atoms with Crippen molar-refractivity contribution < 1.29 is 14.3 Å². The summed E-state index contributed by atoms with van der Waals surface area (Å²) in [6.07, 6.45) is 0.304. The minimum atomic E-state index is -0.268. The van der Waals surface area contributed by atoms with Gasteiger partial charge in [-0.25, -0.2) is 4.98 Å². The van der Waals surface area contributed by atoms with Gasteiger partial charge >= 0.3 is 0 Å². The number of benzene rings is 4. The van der Waals surface area contributed by atoms with Crippen LogP contribution in [0.15, 0.2) is 103 Å². The Morgan fingerprint density at radius 1 is 0.868 bits per heavy atom. The molecule has 0 fully saturated rings. The summed E-state index contributed by atoms with van der Waals surface area (Å²) in [5.41, 5.74) is 5.16. The van der Waals surface area contributed by atoms with Gasteiger partial charge in [-0.1, -0.05) is 72.8 Å². The molecule has 38 heavy (non-hydrogen) atoms. The van der Waals surface area contributed by atoms with Crippen LogP contribution in [0.5, 0.6) is 11.5 Å². The molecule has 0 aliphatic carbocycles. The predicted octanol–water partition coefficient (Wildman–Crippen LogP) is 6.21. The third kappa shape index (κ3) is 5.86. The van der Waals surface area contributed by atoms with Crippen molar-refractivity contribution in [1.29, 1.82) is 0 Å². The molecule has 4 aromatic carbocycles. The Morgan fingerprint density at radius 3 is 2.37 bits per heavy atom. The van der Waals surface area contributed by atoms with Gasteiger partial charge < -0.3 is 19.4 Å². The average molecular weight is 506 g/mol. The van der Waals surface area contributed by atoms with Gasteiger partial charge in [-0.15, -0.1) is 0 Å². The number of nitrogens with one attached hydrogen (secondary N) is 1. The smallest absolute Gasteiger partial charge is 0.224 e. The minimum Gasteiger partial charge on any atom is -0.497 e. The Morgan fingerprint density at radius 2 is 1.58 bits per heavy atom. The van der Waals surface area contributed by atoms with Gasteiger partial charge in [-0.3, -0.25) is 4.79 Å². The van der Waals surface area contributed by atoms with Crippen LogP contribution in [0.1, 0.15) is 24.4 Å². The van der Waals surface area contributed by atoms with Crippen LogP contribution in [0.25, 0.3) is 22.2 Å². The number of methoxy groups -OCH3 is 1. The van der Waals surface area contributed by atoms with E-state index >= 15 is 0 Å². The molecular weight excluding hydrogens is 474 g/mol. The van der Waals surface area contributed by atoms with E-state index in [-0.39, 0.29) is 11.9 Å². The van der Waals surface area contributed by atoms with Crippen LogP contribution in [0.2, 0.25) is 0 Å². The third-order valence-electron chi connectivity index (χ3n) is 6.50. The van der Waals surface area contributed by atoms with Crippen molar-refractivity contribution in [1.82, 2.24) is 14.9 Å². The van der Waals surface area contributed by atoms with Gasteiger partial charge in [0.2, 0.25) is 5.91 Å². The van der Waals surface area contributed by atoms with Gasteiger partial charge in [0.1, 0.15) is 23.9 Å². The van der Waals surface area contributed by atoms with Crippen molar-refractivity contribution in [3.63, 3.8) is 0 Å². The Balaban J connectivity index is 1.26. The number of fused-ring (bicyclic) bond motifs is 1. The van der Waals surface area contributed by atoms with Crippen LogP contribution >= 0.6 is 0 Å². The van der Waals surface area contributed by atoms with Crippen molar-refractivity contribution in [2.75, 3.05) is 13.7 Å². The molecule has 1 amide bonds. The number of amides is 1. The summed E-state index contributed by atoms with van der Waals surface area (Å²) in [6, 6.07) is 33.6. The van der Waals surface area contributed by atoms with Gasteiger partial charge in [0, 0.05) is 6.07 Å². The number of hydrogen-bond donors (Lipinski definition) is 1. The molecule has 1 heterocycles. The van der Waals surface area contributed by atoms with Gasteiger partial charge in [0.25, 0.3) is 0 Å². The van der Waals surface area contributed by atoms with Crippen LogP contribution in [0.3, 0.4) is 0 Å². The van der Waals surface area contributed by atoms with Crippen LogP contribution < -0.4 is 14.8 Å². The van der Waals surface area contributed by atoms with E-state index in [4.69, 9.17) is 14.5 Å². The number of aromatic nitrogens is 2. The quantitative estimate of drug-likeness (QED) is 0.245. The number of ether oxygens (including phenoxy) is 2. The van der Waals surface area contributed by atoms with E-state index in [0.717, 1.165) is 45.0 Å². The number of hydrogen-bond acceptors (Lipinski definition) is 4. The first-order valence-corrected chi connectivity index (χ1v) is 12.8. The number of carbonyl (C=O) groups is 1. The second-order valence-corrected chi connectivity index (χ2v) is 9.17. The monoisotopic (exact) mass is 505 g/mol. The lowest BCUT2D eigenvalue weighted by atomic mass is 10.0. The summed E-state index contributed by atoms with van der Waals surface area (Å²) in [6.45, 7) is 3.01. The number of imidazole rings is 1. The van der Waals surface area contributed by atoms with E-state index in [1.54, 1.807) is 7.11 Å². The fraction of sp³-hybridized carbons (Fsp3) is 0.188. The maximum atomic E-state index is 13.0. The van der Waals surface area contributed by atoms with Crippen molar-refractivity contribution in [2.45, 2.75) is 25.9 Å². The van der Waals surface area contributed by atoms with Gasteiger partial charge in [-0.05, 0) is 47.9 Å². The standard InChI is InChI=1S/C32H31N3O3/c1-23(33-31(36)21-24-15-17-26(18-16-24)25-9-4-3-5-10-25)32-34-29-13-6-7-14-30(29)35(32)19-20-38-28-12-8-11-27(22-28)37-2/h3-18,22-23H,19-21H2,1-2H3,(H,33,36). The van der Waals surface area contributed by atoms with Crippen molar-refractivity contribution in [2.24, 2.45) is 0 Å². The number of para-hydroxylation sites is 2. The molecule has 0 saturated carbocycles. The molecule has 0 aliphatic heterocycles. The van der Waals surface area contributed by atoms with E-state index in [1.165, 1.54) is 0 Å². The zero-order valence-electron chi connectivity index (χ0n) is 21.6. The summed E-state index contributed by atoms with van der Waals surface area (Å²) >= 11 is 0. The van der Waals surface area contributed by atoms with E-state index < -0.39 is 0 Å². The Kier molecular flexibility index (Phi) is 7.69. The molecule has 192 valence electrons. The molecule has 0 saturated heterocycles. The molecule has 5 rings (SSSR count). The maximum Gasteiger partial charge on any atom is 0.224 e. The second kappa shape index (κ2) is 11.6. The lowest BCUT2D eigenvalue weighted by Gasteiger charge is -2.17. The SMILES string of the molecule is COc1cccc(OCCn2c(C(C)NC(=O)Cc3ccc(-c4ccccc4)cc3)nc3ccccc32)c1. The molecule has 1 N–H and O–H groups in total. The highest BCUT2D eigenvalue weighted by atomic mass is 16.5. The molecule has 1 unspecified atom stereocenters. The maximum absolute atomic E-state index is 13.0. The van der Waals surface area contributed by atoms with Crippen LogP contribution in [-0.2, 0) is 17.8 Å². The molecular formula is C32H31N3O3. The summed E-state index contributed by atoms with van der Waals surface area (Å²) in [5.74, 6) is 2.25. The molecule has 6 heteroatoms. The van der Waals surface area contributed by atoms with Crippen LogP contribution in [0, 0.1) is 0 Å². The first-order valence-electron chi connectivity index (χ1n) is 12.8. The second-order valence-electron chi connectivity index (χ2n) is 9.17. The lowest BCUT2D eigenvalue weighted by molar-refractivity contribution is -0.121. The third-order valence-corrected chi connectivity index (χ3v) is 6.50. The average Bonchev–Trinajstić information content (AvgIpc) is 3.33. The number of carbonyl (C=O) groups excluding carboxylic acids is 1. The molecule has 0 radical (unpaired) electrons. The van der Waals surface area contributed by atoms with Crippen LogP contribution in [-0.4, -0.2) is 29.2 Å². The largest absolute Gasteiger partial charge is 0.497 e. The fourth-order valence-corrected chi connectivity index (χ4v) is 4.59. The van der Waals surface area contributed by atoms with Gasteiger partial charge in [-0.2, -0.15) is 0 Å². The van der Waals surface area contributed by atoms with Gasteiger partial charge in [0.05, 0.1) is 37.2 Å². The zero-order valence-corrected chi connectivity index (χ0v) is 21.6. The topological polar surface area (TPSA) is 65.4 Å². The Labute approximate surface area is 222 Å². The highest BCUT2D eigenvalue weighted by Gasteiger charge is 2.19. The molecule has 0 aliphatic rings. The Bertz CT molecular complexity index is 1510. The predicted molar refractivity (Wildman–Crippen MR) is 150 cm³/mol. The first kappa shape index (κ1) is 25.1. The van der Waals surface area contributed by atoms with Gasteiger partial charge in [0.15, 0.2) is 0 Å². The minimum absolute atomic E-state index is 0.0452. The Hall–Kier alpha value is -4.58. The molecule has 1 atom stereocenters. The molecule has 0 spiro atoms. The zero-order chi connectivity index (χ0) is 26.3. The van der Waals surface area contributed by atoms with Crippen molar-refractivity contribution in [3.05, 3.63) is 115 Å². The summed E-state index contributed by atoms with van der Waals surface area (Å²) in [4.78, 5) is 17.8. The fourth-order valence-electron chi connectivity index (χ4n) is 4.59. The summed E-state index contributed by atoms with van der Waals surface area (Å²) in [5, 5.41) is 3.14. The highest BCUT2D eigenvalue weighted by Crippen LogP contribution is 2.23. The number of rotatable bonds is 10. The molecule has 6 nitrogen and oxygen atoms in total. The lowest BCUT2D eigenvalue weighted by Crippen LogP contribution is -2.30. The number of nitrogens with zero attached hydrogens (tertiary/aromatic N) is 2. The van der Waals surface area contributed by atoms with Crippen molar-refractivity contribution in [3.8, 4) is 22.6 Å². The summed E-state index contributed by atoms with van der Waals surface area (Å²) < 4.78 is 13.4. The molecule has 0 bridgehead atoms. The molecule has 5 aromatic rings. The first-order chi connectivity index (χ1) is 18.6. The van der Waals surface area contributed by atoms with Crippen molar-refractivity contribution >= 4 is 16.9 Å². The van der Waals surface area contributed by atoms with E-state index in [1.807, 2.05) is 85.8 Å². The summed E-state index contributed by atoms with van der Waals surface area (Å²) in [7, 11) is 1.64. The highest BCUT2D eigenvalue weighted by molar-refractivity contribution is 5.80. The van der Waals surface area contributed by atoms with E-state index in [0.29, 0.717) is 19.6 Å². The molecule has 1 aromatic heterocycles. The van der Waals surface area contributed by atoms with E-state index in [9.17, 15) is 4.79 Å². The van der Waals surface area contributed by atoms with Crippen LogP contribution in [0.4, 0.5) is 0 Å². The normalized spacial score (nSPS) is 11.7. The van der Waals surface area contributed by atoms with E-state index in [2.05, 4.69) is 34.1 Å².